The standard InChI is InChI=1S/C26H27N3O3/c1-18-28-23-16-25(31-3)24(30-2)15-22(23)26(29-18)27-13-12-19-10-7-11-21(14-19)32-17-20-8-5-4-6-9-20/h4-11,14-16H,12-13,17H2,1-3H3,(H,27,28,29). The van der Waals surface area contributed by atoms with Crippen LogP contribution in [0.15, 0.2) is 66.7 Å². The van der Waals surface area contributed by atoms with Gasteiger partial charge in [0.15, 0.2) is 11.5 Å². The van der Waals surface area contributed by atoms with E-state index in [2.05, 4.69) is 39.6 Å². The molecule has 0 spiro atoms. The molecule has 0 radical (unpaired) electrons. The second-order valence-electron chi connectivity index (χ2n) is 7.44. The molecule has 4 aromatic rings. The Bertz CT molecular complexity index is 1200. The summed E-state index contributed by atoms with van der Waals surface area (Å²) in [4.78, 5) is 9.14. The fourth-order valence-electron chi connectivity index (χ4n) is 3.56. The van der Waals surface area contributed by atoms with E-state index in [9.17, 15) is 0 Å². The minimum atomic E-state index is 0.556. The molecule has 164 valence electrons. The van der Waals surface area contributed by atoms with Gasteiger partial charge in [-0.25, -0.2) is 9.97 Å². The Morgan fingerprint density at radius 2 is 1.56 bits per heavy atom. The van der Waals surface area contributed by atoms with E-state index in [1.165, 1.54) is 5.56 Å². The van der Waals surface area contributed by atoms with Crippen LogP contribution in [0, 0.1) is 6.92 Å². The van der Waals surface area contributed by atoms with Crippen LogP contribution in [0.4, 0.5) is 5.82 Å². The van der Waals surface area contributed by atoms with Gasteiger partial charge < -0.3 is 19.5 Å². The normalized spacial score (nSPS) is 10.7. The number of fused-ring (bicyclic) bond motifs is 1. The van der Waals surface area contributed by atoms with Crippen LogP contribution in [0.1, 0.15) is 17.0 Å². The van der Waals surface area contributed by atoms with E-state index >= 15 is 0 Å². The molecule has 32 heavy (non-hydrogen) atoms. The van der Waals surface area contributed by atoms with Crippen molar-refractivity contribution in [2.75, 3.05) is 26.1 Å². The zero-order valence-corrected chi connectivity index (χ0v) is 18.6. The molecule has 0 amide bonds. The fraction of sp³-hybridized carbons (Fsp3) is 0.231. The third-order valence-corrected chi connectivity index (χ3v) is 5.17. The number of hydrogen-bond donors (Lipinski definition) is 1. The molecule has 0 aliphatic heterocycles. The van der Waals surface area contributed by atoms with Gasteiger partial charge in [0.25, 0.3) is 0 Å². The molecule has 0 atom stereocenters. The minimum absolute atomic E-state index is 0.556. The Morgan fingerprint density at radius 3 is 2.34 bits per heavy atom. The molecule has 1 heterocycles. The van der Waals surface area contributed by atoms with Gasteiger partial charge in [-0.05, 0) is 42.7 Å². The molecule has 6 nitrogen and oxygen atoms in total. The lowest BCUT2D eigenvalue weighted by Crippen LogP contribution is -2.08. The molecular formula is C26H27N3O3. The highest BCUT2D eigenvalue weighted by atomic mass is 16.5. The van der Waals surface area contributed by atoms with Crippen molar-refractivity contribution in [2.45, 2.75) is 20.0 Å². The van der Waals surface area contributed by atoms with Crippen molar-refractivity contribution in [3.05, 3.63) is 83.7 Å². The molecule has 6 heteroatoms. The maximum absolute atomic E-state index is 5.95. The van der Waals surface area contributed by atoms with Gasteiger partial charge in [-0.3, -0.25) is 0 Å². The van der Waals surface area contributed by atoms with E-state index in [-0.39, 0.29) is 0 Å². The fourth-order valence-corrected chi connectivity index (χ4v) is 3.56. The number of rotatable bonds is 9. The number of ether oxygens (including phenoxy) is 3. The Labute approximate surface area is 188 Å². The molecule has 3 aromatic carbocycles. The van der Waals surface area contributed by atoms with E-state index in [4.69, 9.17) is 14.2 Å². The van der Waals surface area contributed by atoms with Crippen LogP contribution in [0.2, 0.25) is 0 Å². The number of nitrogens with zero attached hydrogens (tertiary/aromatic N) is 2. The highest BCUT2D eigenvalue weighted by Gasteiger charge is 2.12. The monoisotopic (exact) mass is 429 g/mol. The Hall–Kier alpha value is -3.80. The summed E-state index contributed by atoms with van der Waals surface area (Å²) in [5, 5.41) is 4.35. The maximum atomic E-state index is 5.95. The first-order valence-electron chi connectivity index (χ1n) is 10.6. The molecule has 0 bridgehead atoms. The summed E-state index contributed by atoms with van der Waals surface area (Å²) in [6.45, 7) is 3.16. The number of anilines is 1. The Balaban J connectivity index is 1.44. The van der Waals surface area contributed by atoms with Gasteiger partial charge in [0.05, 0.1) is 19.7 Å². The van der Waals surface area contributed by atoms with E-state index in [0.717, 1.165) is 41.0 Å². The summed E-state index contributed by atoms with van der Waals surface area (Å²) in [5.41, 5.74) is 3.16. The number of methoxy groups -OCH3 is 2. The molecule has 0 unspecified atom stereocenters. The van der Waals surface area contributed by atoms with Crippen molar-refractivity contribution in [2.24, 2.45) is 0 Å². The Morgan fingerprint density at radius 1 is 0.812 bits per heavy atom. The molecular weight excluding hydrogens is 402 g/mol. The molecule has 0 saturated heterocycles. The zero-order chi connectivity index (χ0) is 22.3. The van der Waals surface area contributed by atoms with Crippen LogP contribution in [0.3, 0.4) is 0 Å². The van der Waals surface area contributed by atoms with Crippen molar-refractivity contribution in [1.29, 1.82) is 0 Å². The maximum Gasteiger partial charge on any atom is 0.162 e. The largest absolute Gasteiger partial charge is 0.493 e. The van der Waals surface area contributed by atoms with E-state index in [1.807, 2.05) is 49.4 Å². The van der Waals surface area contributed by atoms with Gasteiger partial charge in [-0.2, -0.15) is 0 Å². The third kappa shape index (κ3) is 5.09. The average molecular weight is 430 g/mol. The number of nitrogens with one attached hydrogen (secondary N) is 1. The minimum Gasteiger partial charge on any atom is -0.493 e. The molecule has 0 saturated carbocycles. The van der Waals surface area contributed by atoms with Crippen molar-refractivity contribution in [3.8, 4) is 17.2 Å². The van der Waals surface area contributed by atoms with E-state index in [0.29, 0.717) is 23.9 Å². The van der Waals surface area contributed by atoms with Crippen LogP contribution in [-0.2, 0) is 13.0 Å². The lowest BCUT2D eigenvalue weighted by atomic mass is 10.1. The van der Waals surface area contributed by atoms with Crippen LogP contribution in [0.5, 0.6) is 17.2 Å². The van der Waals surface area contributed by atoms with E-state index in [1.54, 1.807) is 14.2 Å². The van der Waals surface area contributed by atoms with E-state index < -0.39 is 0 Å². The van der Waals surface area contributed by atoms with Crippen LogP contribution >= 0.6 is 0 Å². The van der Waals surface area contributed by atoms with Crippen molar-refractivity contribution >= 4 is 16.7 Å². The van der Waals surface area contributed by atoms with Gasteiger partial charge in [-0.1, -0.05) is 42.5 Å². The second kappa shape index (κ2) is 10.0. The molecule has 4 rings (SSSR count). The quantitative estimate of drug-likeness (QED) is 0.395. The molecule has 0 aliphatic carbocycles. The average Bonchev–Trinajstić information content (AvgIpc) is 2.82. The number of benzene rings is 3. The first kappa shape index (κ1) is 21.4. The summed E-state index contributed by atoms with van der Waals surface area (Å²) < 4.78 is 16.8. The van der Waals surface area contributed by atoms with Crippen LogP contribution in [0.25, 0.3) is 10.9 Å². The van der Waals surface area contributed by atoms with Crippen molar-refractivity contribution in [3.63, 3.8) is 0 Å². The second-order valence-corrected chi connectivity index (χ2v) is 7.44. The van der Waals surface area contributed by atoms with Crippen molar-refractivity contribution in [1.82, 2.24) is 9.97 Å². The van der Waals surface area contributed by atoms with Gasteiger partial charge in [-0.15, -0.1) is 0 Å². The molecule has 1 N–H and O–H groups in total. The van der Waals surface area contributed by atoms with Crippen LogP contribution < -0.4 is 19.5 Å². The predicted octanol–water partition coefficient (Wildman–Crippen LogP) is 5.19. The summed E-state index contributed by atoms with van der Waals surface area (Å²) >= 11 is 0. The van der Waals surface area contributed by atoms with Gasteiger partial charge in [0.1, 0.15) is 24.0 Å². The Kier molecular flexibility index (Phi) is 6.70. The first-order valence-corrected chi connectivity index (χ1v) is 10.6. The molecule has 1 aromatic heterocycles. The number of aromatic nitrogens is 2. The third-order valence-electron chi connectivity index (χ3n) is 5.17. The lowest BCUT2D eigenvalue weighted by molar-refractivity contribution is 0.306. The SMILES string of the molecule is COc1cc2nc(C)nc(NCCc3cccc(OCc4ccccc4)c3)c2cc1OC. The first-order chi connectivity index (χ1) is 15.7. The topological polar surface area (TPSA) is 65.5 Å². The summed E-state index contributed by atoms with van der Waals surface area (Å²) in [6, 6.07) is 22.2. The highest BCUT2D eigenvalue weighted by molar-refractivity contribution is 5.91. The lowest BCUT2D eigenvalue weighted by Gasteiger charge is -2.13. The number of hydrogen-bond acceptors (Lipinski definition) is 6. The van der Waals surface area contributed by atoms with Gasteiger partial charge in [0, 0.05) is 18.0 Å². The van der Waals surface area contributed by atoms with Crippen molar-refractivity contribution < 1.29 is 14.2 Å². The molecule has 0 aliphatic rings. The predicted molar refractivity (Wildman–Crippen MR) is 127 cm³/mol. The number of aryl methyl sites for hydroxylation is 1. The van der Waals surface area contributed by atoms with Gasteiger partial charge >= 0.3 is 0 Å². The van der Waals surface area contributed by atoms with Gasteiger partial charge in [0.2, 0.25) is 0 Å². The summed E-state index contributed by atoms with van der Waals surface area (Å²) in [7, 11) is 3.24. The summed E-state index contributed by atoms with van der Waals surface area (Å²) in [6.07, 6.45) is 0.834. The molecule has 0 fully saturated rings. The smallest absolute Gasteiger partial charge is 0.162 e. The van der Waals surface area contributed by atoms with Crippen LogP contribution in [-0.4, -0.2) is 30.7 Å². The zero-order valence-electron chi connectivity index (χ0n) is 18.6. The summed E-state index contributed by atoms with van der Waals surface area (Å²) in [5.74, 6) is 3.65. The highest BCUT2D eigenvalue weighted by Crippen LogP contribution is 2.34.